The molecule has 0 fully saturated rings. The highest BCUT2D eigenvalue weighted by atomic mass is 35.6. The molecule has 0 aromatic carbocycles. The van der Waals surface area contributed by atoms with Gasteiger partial charge in [-0.25, -0.2) is 4.72 Å². The third kappa shape index (κ3) is 4.68. The number of halogens is 3. The molecular formula is C2H3Cl3NO3S-. The van der Waals surface area contributed by atoms with E-state index in [0.29, 0.717) is 0 Å². The minimum Gasteiger partial charge on any atom is -0.760 e. The van der Waals surface area contributed by atoms with Crippen LogP contribution >= 0.6 is 34.8 Å². The molecule has 0 spiro atoms. The molecule has 0 bridgehead atoms. The molecule has 0 amide bonds. The topological polar surface area (TPSA) is 72.4 Å². The fourth-order valence-corrected chi connectivity index (χ4v) is 0.875. The van der Waals surface area contributed by atoms with Gasteiger partial charge in [-0.1, -0.05) is 34.8 Å². The molecule has 0 radical (unpaired) electrons. The molecule has 10 heavy (non-hydrogen) atoms. The Kier molecular flexibility index (Phi) is 4.42. The van der Waals surface area contributed by atoms with E-state index in [1.807, 2.05) is 0 Å². The Morgan fingerprint density at radius 3 is 2.10 bits per heavy atom. The van der Waals surface area contributed by atoms with Gasteiger partial charge >= 0.3 is 0 Å². The molecule has 0 aliphatic carbocycles. The molecule has 0 heterocycles. The second-order valence-corrected chi connectivity index (χ2v) is 4.37. The Hall–Kier alpha value is 0.900. The molecule has 2 N–H and O–H groups in total. The van der Waals surface area contributed by atoms with Crippen LogP contribution in [0, 0.1) is 0 Å². The zero-order valence-corrected chi connectivity index (χ0v) is 7.47. The summed E-state index contributed by atoms with van der Waals surface area (Å²) >= 11 is 12.6. The standard InChI is InChI=1S/C2H4Cl3NO3S/c3-2(4,5)1(7)6-10(8)9/h1,6-7H,(H,8,9)/p-1. The lowest BCUT2D eigenvalue weighted by Gasteiger charge is -2.20. The van der Waals surface area contributed by atoms with Gasteiger partial charge in [-0.05, 0) is 0 Å². The largest absolute Gasteiger partial charge is 0.760 e. The van der Waals surface area contributed by atoms with Crippen LogP contribution in [0.25, 0.3) is 0 Å². The van der Waals surface area contributed by atoms with E-state index < -0.39 is 21.3 Å². The van der Waals surface area contributed by atoms with E-state index in [9.17, 15) is 8.76 Å². The maximum absolute atomic E-state index is 9.81. The minimum absolute atomic E-state index is 1.56. The molecule has 0 aliphatic rings. The van der Waals surface area contributed by atoms with E-state index in [2.05, 4.69) is 0 Å². The second-order valence-electron chi connectivity index (χ2n) is 1.30. The van der Waals surface area contributed by atoms with Crippen molar-refractivity contribution in [2.24, 2.45) is 0 Å². The molecule has 4 nitrogen and oxygen atoms in total. The zero-order valence-electron chi connectivity index (χ0n) is 4.38. The van der Waals surface area contributed by atoms with E-state index in [-0.39, 0.29) is 0 Å². The monoisotopic (exact) mass is 226 g/mol. The van der Waals surface area contributed by atoms with Crippen LogP contribution in [0.15, 0.2) is 0 Å². The Balaban J connectivity index is 3.85. The molecule has 0 aromatic rings. The van der Waals surface area contributed by atoms with Crippen LogP contribution in [0.3, 0.4) is 0 Å². The summed E-state index contributed by atoms with van der Waals surface area (Å²) in [6.07, 6.45) is -1.73. The normalized spacial score (nSPS) is 18.5. The number of hydrogen-bond donors (Lipinski definition) is 2. The Bertz CT molecular complexity index is 136. The Labute approximate surface area is 74.9 Å². The van der Waals surface area contributed by atoms with Crippen molar-refractivity contribution < 1.29 is 13.9 Å². The number of rotatable bonds is 2. The van der Waals surface area contributed by atoms with Gasteiger partial charge in [0.1, 0.15) is 0 Å². The summed E-state index contributed by atoms with van der Waals surface area (Å²) in [5.74, 6) is 0. The smallest absolute Gasteiger partial charge is 0.229 e. The van der Waals surface area contributed by atoms with Gasteiger partial charge < -0.3 is 9.66 Å². The molecule has 0 rings (SSSR count). The van der Waals surface area contributed by atoms with Gasteiger partial charge in [0.15, 0.2) is 6.23 Å². The van der Waals surface area contributed by atoms with Crippen molar-refractivity contribution in [3.05, 3.63) is 0 Å². The summed E-state index contributed by atoms with van der Waals surface area (Å²) < 4.78 is 19.1. The van der Waals surface area contributed by atoms with Gasteiger partial charge in [-0.3, -0.25) is 4.21 Å². The van der Waals surface area contributed by atoms with E-state index in [1.165, 1.54) is 0 Å². The molecule has 2 unspecified atom stereocenters. The predicted octanol–water partition coefficient (Wildman–Crippen LogP) is 0.0587. The highest BCUT2D eigenvalue weighted by Crippen LogP contribution is 2.28. The SMILES string of the molecule is O=S([O-])NC(O)C(Cl)(Cl)Cl. The highest BCUT2D eigenvalue weighted by Gasteiger charge is 2.30. The molecule has 0 aliphatic heterocycles. The van der Waals surface area contributed by atoms with Crippen molar-refractivity contribution in [1.82, 2.24) is 4.72 Å². The van der Waals surface area contributed by atoms with Crippen LogP contribution < -0.4 is 4.72 Å². The Morgan fingerprint density at radius 2 is 2.00 bits per heavy atom. The molecule has 0 saturated carbocycles. The average Bonchev–Trinajstić information content (AvgIpc) is 1.60. The lowest BCUT2D eigenvalue weighted by molar-refractivity contribution is 0.166. The van der Waals surface area contributed by atoms with Crippen molar-refractivity contribution in [1.29, 1.82) is 0 Å². The van der Waals surface area contributed by atoms with Crippen LogP contribution in [0.2, 0.25) is 0 Å². The van der Waals surface area contributed by atoms with E-state index >= 15 is 0 Å². The van der Waals surface area contributed by atoms with Crippen LogP contribution in [0.4, 0.5) is 0 Å². The van der Waals surface area contributed by atoms with Gasteiger partial charge in [0.25, 0.3) is 0 Å². The lowest BCUT2D eigenvalue weighted by Crippen LogP contribution is -2.40. The van der Waals surface area contributed by atoms with Crippen LogP contribution in [0.5, 0.6) is 0 Å². The number of aliphatic hydroxyl groups is 1. The molecule has 2 atom stereocenters. The Morgan fingerprint density at radius 1 is 1.60 bits per heavy atom. The van der Waals surface area contributed by atoms with Crippen LogP contribution in [-0.2, 0) is 11.3 Å². The van der Waals surface area contributed by atoms with Crippen LogP contribution in [0.1, 0.15) is 0 Å². The third-order valence-corrected chi connectivity index (χ3v) is 1.55. The van der Waals surface area contributed by atoms with Gasteiger partial charge in [0.05, 0.1) is 0 Å². The van der Waals surface area contributed by atoms with Gasteiger partial charge in [0, 0.05) is 11.3 Å². The molecule has 62 valence electrons. The van der Waals surface area contributed by atoms with Crippen molar-refractivity contribution in [2.75, 3.05) is 0 Å². The van der Waals surface area contributed by atoms with Gasteiger partial charge in [-0.15, -0.1) is 0 Å². The summed E-state index contributed by atoms with van der Waals surface area (Å²) in [5.41, 5.74) is 0. The number of aliphatic hydroxyl groups excluding tert-OH is 1. The zero-order chi connectivity index (χ0) is 8.36. The van der Waals surface area contributed by atoms with Gasteiger partial charge in [0.2, 0.25) is 3.79 Å². The number of hydrogen-bond acceptors (Lipinski definition) is 3. The predicted molar refractivity (Wildman–Crippen MR) is 38.4 cm³/mol. The summed E-state index contributed by atoms with van der Waals surface area (Å²) in [4.78, 5) is 0. The van der Waals surface area contributed by atoms with Crippen molar-refractivity contribution in [2.45, 2.75) is 10.0 Å². The van der Waals surface area contributed by atoms with E-state index in [1.54, 1.807) is 4.72 Å². The first kappa shape index (κ1) is 10.9. The average molecular weight is 227 g/mol. The molecule has 8 heteroatoms. The lowest BCUT2D eigenvalue weighted by atomic mass is 10.7. The molecular weight excluding hydrogens is 224 g/mol. The molecule has 0 saturated heterocycles. The van der Waals surface area contributed by atoms with Gasteiger partial charge in [-0.2, -0.15) is 0 Å². The maximum Gasteiger partial charge on any atom is 0.229 e. The highest BCUT2D eigenvalue weighted by molar-refractivity contribution is 7.77. The third-order valence-electron chi connectivity index (χ3n) is 0.518. The first-order valence-electron chi connectivity index (χ1n) is 1.94. The number of nitrogens with one attached hydrogen (secondary N) is 1. The summed E-state index contributed by atoms with van der Waals surface area (Å²) in [6, 6.07) is 0. The fraction of sp³-hybridized carbons (Fsp3) is 1.00. The van der Waals surface area contributed by atoms with E-state index in [0.717, 1.165) is 0 Å². The van der Waals surface area contributed by atoms with Crippen molar-refractivity contribution in [3.63, 3.8) is 0 Å². The fourth-order valence-electron chi connectivity index (χ4n) is 0.158. The summed E-state index contributed by atoms with van der Waals surface area (Å²) in [5, 5.41) is 8.66. The number of alkyl halides is 3. The quantitative estimate of drug-likeness (QED) is 0.398. The molecule has 0 aromatic heterocycles. The first-order chi connectivity index (χ1) is 4.34. The minimum atomic E-state index is -2.65. The van der Waals surface area contributed by atoms with Crippen molar-refractivity contribution in [3.8, 4) is 0 Å². The first-order valence-corrected chi connectivity index (χ1v) is 4.15. The summed E-state index contributed by atoms with van der Waals surface area (Å²) in [7, 11) is 0. The summed E-state index contributed by atoms with van der Waals surface area (Å²) in [6.45, 7) is 0. The van der Waals surface area contributed by atoms with Crippen LogP contribution in [-0.4, -0.2) is 23.9 Å². The second kappa shape index (κ2) is 4.06. The van der Waals surface area contributed by atoms with E-state index in [4.69, 9.17) is 39.9 Å². The maximum atomic E-state index is 9.81. The van der Waals surface area contributed by atoms with Crippen molar-refractivity contribution >= 4 is 46.1 Å².